The molecule has 17 heavy (non-hydrogen) atoms. The Balaban J connectivity index is 2.00. The molecule has 0 radical (unpaired) electrons. The highest BCUT2D eigenvalue weighted by atomic mass is 16.3. The fraction of sp³-hybridized carbons (Fsp3) is 0.643. The molecule has 1 heterocycles. The number of pyridine rings is 1. The zero-order chi connectivity index (χ0) is 12.5. The Morgan fingerprint density at radius 2 is 2.24 bits per heavy atom. The van der Waals surface area contributed by atoms with Gasteiger partial charge in [-0.25, -0.2) is 0 Å². The summed E-state index contributed by atoms with van der Waals surface area (Å²) in [5, 5.41) is 13.3. The van der Waals surface area contributed by atoms with E-state index in [1.165, 1.54) is 19.3 Å². The summed E-state index contributed by atoms with van der Waals surface area (Å²) in [5.41, 5.74) is 2.07. The fourth-order valence-corrected chi connectivity index (χ4v) is 2.66. The predicted molar refractivity (Wildman–Crippen MR) is 68.9 cm³/mol. The Bertz CT molecular complexity index is 401. The van der Waals surface area contributed by atoms with E-state index in [0.717, 1.165) is 11.4 Å². The molecule has 1 aromatic heterocycles. The Morgan fingerprint density at radius 3 is 2.88 bits per heavy atom. The zero-order valence-electron chi connectivity index (χ0n) is 11.0. The summed E-state index contributed by atoms with van der Waals surface area (Å²) >= 11 is 0. The number of nitrogens with zero attached hydrogens (tertiary/aromatic N) is 1. The Hall–Kier alpha value is -1.09. The predicted octanol–water partition coefficient (Wildman–Crippen LogP) is 2.76. The SMILES string of the molecule is Cc1ccc(O)c(CNC2CCCC2(C)C)n1. The van der Waals surface area contributed by atoms with Crippen molar-refractivity contribution in [3.8, 4) is 5.75 Å². The Labute approximate surface area is 103 Å². The molecule has 0 bridgehead atoms. The summed E-state index contributed by atoms with van der Waals surface area (Å²) in [6.45, 7) is 7.21. The molecule has 0 spiro atoms. The number of rotatable bonds is 3. The van der Waals surface area contributed by atoms with Crippen LogP contribution in [-0.2, 0) is 6.54 Å². The minimum absolute atomic E-state index is 0.291. The largest absolute Gasteiger partial charge is 0.506 e. The molecular weight excluding hydrogens is 212 g/mol. The smallest absolute Gasteiger partial charge is 0.138 e. The van der Waals surface area contributed by atoms with Gasteiger partial charge >= 0.3 is 0 Å². The van der Waals surface area contributed by atoms with Crippen molar-refractivity contribution in [3.63, 3.8) is 0 Å². The summed E-state index contributed by atoms with van der Waals surface area (Å²) < 4.78 is 0. The van der Waals surface area contributed by atoms with Gasteiger partial charge in [-0.15, -0.1) is 0 Å². The average molecular weight is 234 g/mol. The second kappa shape index (κ2) is 4.65. The van der Waals surface area contributed by atoms with Gasteiger partial charge in [-0.2, -0.15) is 0 Å². The molecule has 0 saturated heterocycles. The van der Waals surface area contributed by atoms with Crippen molar-refractivity contribution < 1.29 is 5.11 Å². The number of aromatic nitrogens is 1. The van der Waals surface area contributed by atoms with E-state index in [2.05, 4.69) is 24.1 Å². The summed E-state index contributed by atoms with van der Waals surface area (Å²) in [6, 6.07) is 4.08. The van der Waals surface area contributed by atoms with Gasteiger partial charge in [-0.1, -0.05) is 20.3 Å². The van der Waals surface area contributed by atoms with Crippen LogP contribution in [0.15, 0.2) is 12.1 Å². The molecule has 94 valence electrons. The summed E-state index contributed by atoms with van der Waals surface area (Å²) in [4.78, 5) is 4.37. The van der Waals surface area contributed by atoms with E-state index in [0.29, 0.717) is 23.8 Å². The Morgan fingerprint density at radius 1 is 1.47 bits per heavy atom. The maximum absolute atomic E-state index is 9.74. The van der Waals surface area contributed by atoms with Crippen LogP contribution in [0, 0.1) is 12.3 Å². The molecule has 1 saturated carbocycles. The van der Waals surface area contributed by atoms with Crippen molar-refractivity contribution in [2.75, 3.05) is 0 Å². The van der Waals surface area contributed by atoms with E-state index in [9.17, 15) is 5.11 Å². The maximum Gasteiger partial charge on any atom is 0.138 e. The fourth-order valence-electron chi connectivity index (χ4n) is 2.66. The highest BCUT2D eigenvalue weighted by molar-refractivity contribution is 5.27. The van der Waals surface area contributed by atoms with Gasteiger partial charge in [0.15, 0.2) is 0 Å². The summed E-state index contributed by atoms with van der Waals surface area (Å²) in [6.07, 6.45) is 3.79. The molecule has 1 aliphatic carbocycles. The molecular formula is C14H22N2O. The molecule has 1 fully saturated rings. The third kappa shape index (κ3) is 2.78. The van der Waals surface area contributed by atoms with Crippen LogP contribution in [0.25, 0.3) is 0 Å². The van der Waals surface area contributed by atoms with E-state index in [1.54, 1.807) is 6.07 Å². The molecule has 2 rings (SSSR count). The third-order valence-corrected chi connectivity index (χ3v) is 3.86. The van der Waals surface area contributed by atoms with Crippen LogP contribution in [0.1, 0.15) is 44.5 Å². The standard InChI is InChI=1S/C14H22N2O/c1-10-6-7-12(17)11(16-10)9-15-13-5-4-8-14(13,2)3/h6-7,13,15,17H,4-5,8-9H2,1-3H3. The van der Waals surface area contributed by atoms with Crippen molar-refractivity contribution >= 4 is 0 Å². The van der Waals surface area contributed by atoms with E-state index in [-0.39, 0.29) is 0 Å². The number of hydrogen-bond acceptors (Lipinski definition) is 3. The second-order valence-electron chi connectivity index (χ2n) is 5.73. The number of nitrogens with one attached hydrogen (secondary N) is 1. The normalized spacial score (nSPS) is 22.9. The molecule has 0 aliphatic heterocycles. The first-order valence-corrected chi connectivity index (χ1v) is 6.38. The zero-order valence-corrected chi connectivity index (χ0v) is 11.0. The van der Waals surface area contributed by atoms with Gasteiger partial charge in [-0.05, 0) is 37.3 Å². The minimum Gasteiger partial charge on any atom is -0.506 e. The number of hydrogen-bond donors (Lipinski definition) is 2. The van der Waals surface area contributed by atoms with Gasteiger partial charge in [0.1, 0.15) is 5.75 Å². The van der Waals surface area contributed by atoms with Gasteiger partial charge in [0.05, 0.1) is 5.69 Å². The van der Waals surface area contributed by atoms with Crippen LogP contribution in [0.3, 0.4) is 0 Å². The van der Waals surface area contributed by atoms with Gasteiger partial charge in [-0.3, -0.25) is 4.98 Å². The minimum atomic E-state index is 0.291. The summed E-state index contributed by atoms with van der Waals surface area (Å²) in [7, 11) is 0. The second-order valence-corrected chi connectivity index (χ2v) is 5.73. The van der Waals surface area contributed by atoms with Crippen molar-refractivity contribution in [3.05, 3.63) is 23.5 Å². The van der Waals surface area contributed by atoms with Crippen LogP contribution in [-0.4, -0.2) is 16.1 Å². The maximum atomic E-state index is 9.74. The molecule has 1 aliphatic rings. The van der Waals surface area contributed by atoms with Gasteiger partial charge in [0.25, 0.3) is 0 Å². The first-order chi connectivity index (χ1) is 7.99. The summed E-state index contributed by atoms with van der Waals surface area (Å²) in [5.74, 6) is 0.291. The first kappa shape index (κ1) is 12.4. The molecule has 2 N–H and O–H groups in total. The lowest BCUT2D eigenvalue weighted by molar-refractivity contribution is 0.280. The van der Waals surface area contributed by atoms with E-state index >= 15 is 0 Å². The Kier molecular flexibility index (Phi) is 3.38. The van der Waals surface area contributed by atoms with E-state index in [1.807, 2.05) is 13.0 Å². The lowest BCUT2D eigenvalue weighted by Crippen LogP contribution is -2.37. The van der Waals surface area contributed by atoms with Crippen molar-refractivity contribution in [2.24, 2.45) is 5.41 Å². The van der Waals surface area contributed by atoms with Gasteiger partial charge < -0.3 is 10.4 Å². The lowest BCUT2D eigenvalue weighted by atomic mass is 9.87. The molecule has 1 unspecified atom stereocenters. The van der Waals surface area contributed by atoms with Crippen LogP contribution in [0.2, 0.25) is 0 Å². The van der Waals surface area contributed by atoms with Crippen molar-refractivity contribution in [2.45, 2.75) is 52.6 Å². The topological polar surface area (TPSA) is 45.1 Å². The third-order valence-electron chi connectivity index (χ3n) is 3.86. The van der Waals surface area contributed by atoms with Crippen LogP contribution < -0.4 is 5.32 Å². The monoisotopic (exact) mass is 234 g/mol. The molecule has 0 amide bonds. The number of aromatic hydroxyl groups is 1. The van der Waals surface area contributed by atoms with Gasteiger partial charge in [0, 0.05) is 18.3 Å². The van der Waals surface area contributed by atoms with Crippen molar-refractivity contribution in [1.29, 1.82) is 0 Å². The van der Waals surface area contributed by atoms with E-state index < -0.39 is 0 Å². The first-order valence-electron chi connectivity index (χ1n) is 6.38. The van der Waals surface area contributed by atoms with E-state index in [4.69, 9.17) is 0 Å². The molecule has 3 heteroatoms. The van der Waals surface area contributed by atoms with Crippen LogP contribution >= 0.6 is 0 Å². The molecule has 1 atom stereocenters. The quantitative estimate of drug-likeness (QED) is 0.845. The number of aryl methyl sites for hydroxylation is 1. The van der Waals surface area contributed by atoms with Crippen LogP contribution in [0.5, 0.6) is 5.75 Å². The molecule has 1 aromatic rings. The van der Waals surface area contributed by atoms with Crippen LogP contribution in [0.4, 0.5) is 0 Å². The lowest BCUT2D eigenvalue weighted by Gasteiger charge is -2.28. The average Bonchev–Trinajstić information content (AvgIpc) is 2.59. The highest BCUT2D eigenvalue weighted by Crippen LogP contribution is 2.37. The molecule has 0 aromatic carbocycles. The molecule has 3 nitrogen and oxygen atoms in total. The van der Waals surface area contributed by atoms with Gasteiger partial charge in [0.2, 0.25) is 0 Å². The van der Waals surface area contributed by atoms with Crippen molar-refractivity contribution in [1.82, 2.24) is 10.3 Å². The highest BCUT2D eigenvalue weighted by Gasteiger charge is 2.33.